The molecule has 0 bridgehead atoms. The van der Waals surface area contributed by atoms with Crippen molar-refractivity contribution in [3.63, 3.8) is 0 Å². The Labute approximate surface area is 167 Å². The third-order valence-electron chi connectivity index (χ3n) is 3.66. The molecule has 3 rings (SSSR count). The van der Waals surface area contributed by atoms with Gasteiger partial charge in [-0.05, 0) is 24.6 Å². The van der Waals surface area contributed by atoms with E-state index in [1.807, 2.05) is 54.6 Å². The Kier molecular flexibility index (Phi) is 7.24. The first-order valence-electron chi connectivity index (χ1n) is 8.62. The van der Waals surface area contributed by atoms with Gasteiger partial charge in [0, 0.05) is 11.5 Å². The molecular formula is C20H21N3O2S2. The molecule has 0 saturated heterocycles. The molecule has 7 heteroatoms. The minimum atomic E-state index is -0.0805. The van der Waals surface area contributed by atoms with Crippen LogP contribution < -0.4 is 10.1 Å². The molecule has 0 radical (unpaired) electrons. The predicted molar refractivity (Wildman–Crippen MR) is 112 cm³/mol. The predicted octanol–water partition coefficient (Wildman–Crippen LogP) is 4.34. The molecule has 0 spiro atoms. The molecule has 5 nitrogen and oxygen atoms in total. The first-order valence-corrected chi connectivity index (χ1v) is 10.6. The van der Waals surface area contributed by atoms with E-state index in [0.29, 0.717) is 18.2 Å². The highest BCUT2D eigenvalue weighted by molar-refractivity contribution is 7.98. The highest BCUT2D eigenvalue weighted by atomic mass is 32.2. The summed E-state index contributed by atoms with van der Waals surface area (Å²) in [5, 5.41) is 12.4. The van der Waals surface area contributed by atoms with E-state index in [0.717, 1.165) is 27.8 Å². The van der Waals surface area contributed by atoms with Crippen LogP contribution in [0, 0.1) is 6.92 Å². The van der Waals surface area contributed by atoms with Crippen LogP contribution in [0.5, 0.6) is 5.75 Å². The summed E-state index contributed by atoms with van der Waals surface area (Å²) >= 11 is 3.15. The van der Waals surface area contributed by atoms with Crippen LogP contribution in [0.15, 0.2) is 54.6 Å². The van der Waals surface area contributed by atoms with Crippen LogP contribution in [0.2, 0.25) is 0 Å². The van der Waals surface area contributed by atoms with Crippen molar-refractivity contribution in [2.45, 2.75) is 19.1 Å². The number of thioether (sulfide) groups is 1. The standard InChI is InChI=1S/C20H21N3O2S2/c1-15-7-9-17(10-8-15)25-11-12-26-14-19-22-23-20(27-19)21-18(24)13-16-5-3-2-4-6-16/h2-10H,11-14H2,1H3,(H,21,23,24). The van der Waals surface area contributed by atoms with Crippen molar-refractivity contribution in [3.8, 4) is 5.75 Å². The van der Waals surface area contributed by atoms with Gasteiger partial charge in [-0.3, -0.25) is 4.79 Å². The first-order chi connectivity index (χ1) is 13.2. The fourth-order valence-corrected chi connectivity index (χ4v) is 3.93. The zero-order valence-electron chi connectivity index (χ0n) is 15.1. The highest BCUT2D eigenvalue weighted by Gasteiger charge is 2.09. The van der Waals surface area contributed by atoms with E-state index in [9.17, 15) is 4.79 Å². The van der Waals surface area contributed by atoms with E-state index in [4.69, 9.17) is 4.74 Å². The lowest BCUT2D eigenvalue weighted by Gasteiger charge is -2.05. The molecule has 1 aromatic heterocycles. The fraction of sp³-hybridized carbons (Fsp3) is 0.250. The Morgan fingerprint density at radius 2 is 1.89 bits per heavy atom. The number of nitrogens with zero attached hydrogens (tertiary/aromatic N) is 2. The van der Waals surface area contributed by atoms with Gasteiger partial charge in [-0.1, -0.05) is 59.4 Å². The van der Waals surface area contributed by atoms with Gasteiger partial charge >= 0.3 is 0 Å². The number of rotatable bonds is 9. The van der Waals surface area contributed by atoms with E-state index in [1.54, 1.807) is 11.8 Å². The SMILES string of the molecule is Cc1ccc(OCCSCc2nnc(NC(=O)Cc3ccccc3)s2)cc1. The van der Waals surface area contributed by atoms with Crippen molar-refractivity contribution in [1.29, 1.82) is 0 Å². The van der Waals surface area contributed by atoms with E-state index >= 15 is 0 Å². The van der Waals surface area contributed by atoms with Gasteiger partial charge in [0.2, 0.25) is 11.0 Å². The minimum absolute atomic E-state index is 0.0805. The number of hydrogen-bond donors (Lipinski definition) is 1. The zero-order chi connectivity index (χ0) is 18.9. The molecule has 1 N–H and O–H groups in total. The number of anilines is 1. The second-order valence-electron chi connectivity index (χ2n) is 5.93. The number of amides is 1. The Balaban J connectivity index is 1.35. The third kappa shape index (κ3) is 6.69. The fourth-order valence-electron chi connectivity index (χ4n) is 2.32. The smallest absolute Gasteiger partial charge is 0.230 e. The molecule has 0 aliphatic heterocycles. The van der Waals surface area contributed by atoms with Crippen molar-refractivity contribution < 1.29 is 9.53 Å². The van der Waals surface area contributed by atoms with Gasteiger partial charge in [0.05, 0.1) is 13.0 Å². The Bertz CT molecular complexity index is 851. The molecule has 27 heavy (non-hydrogen) atoms. The first kappa shape index (κ1) is 19.4. The van der Waals surface area contributed by atoms with Crippen molar-refractivity contribution in [2.75, 3.05) is 17.7 Å². The average molecular weight is 400 g/mol. The second kappa shape index (κ2) is 10.1. The molecule has 2 aromatic carbocycles. The summed E-state index contributed by atoms with van der Waals surface area (Å²) in [6.45, 7) is 2.70. The average Bonchev–Trinajstić information content (AvgIpc) is 3.11. The summed E-state index contributed by atoms with van der Waals surface area (Å²) in [6, 6.07) is 17.7. The van der Waals surface area contributed by atoms with E-state index in [2.05, 4.69) is 22.4 Å². The number of aryl methyl sites for hydroxylation is 1. The maximum Gasteiger partial charge on any atom is 0.230 e. The summed E-state index contributed by atoms with van der Waals surface area (Å²) in [5.74, 6) is 2.43. The number of ether oxygens (including phenoxy) is 1. The van der Waals surface area contributed by atoms with Gasteiger partial charge in [0.1, 0.15) is 10.8 Å². The Morgan fingerprint density at radius 3 is 2.67 bits per heavy atom. The monoisotopic (exact) mass is 399 g/mol. The molecule has 0 aliphatic rings. The lowest BCUT2D eigenvalue weighted by atomic mass is 10.1. The zero-order valence-corrected chi connectivity index (χ0v) is 16.7. The summed E-state index contributed by atoms with van der Waals surface area (Å²) in [5.41, 5.74) is 2.20. The summed E-state index contributed by atoms with van der Waals surface area (Å²) in [6.07, 6.45) is 0.334. The molecule has 0 saturated carbocycles. The maximum atomic E-state index is 12.1. The van der Waals surface area contributed by atoms with Crippen LogP contribution >= 0.6 is 23.1 Å². The van der Waals surface area contributed by atoms with Crippen LogP contribution in [0.1, 0.15) is 16.1 Å². The number of nitrogens with one attached hydrogen (secondary N) is 1. The van der Waals surface area contributed by atoms with Crippen LogP contribution in [-0.2, 0) is 17.0 Å². The van der Waals surface area contributed by atoms with E-state index in [1.165, 1.54) is 16.9 Å². The van der Waals surface area contributed by atoms with Crippen molar-refractivity contribution in [2.24, 2.45) is 0 Å². The van der Waals surface area contributed by atoms with Gasteiger partial charge < -0.3 is 10.1 Å². The van der Waals surface area contributed by atoms with Crippen LogP contribution in [0.3, 0.4) is 0 Å². The van der Waals surface area contributed by atoms with Crippen LogP contribution in [0.25, 0.3) is 0 Å². The number of aromatic nitrogens is 2. The van der Waals surface area contributed by atoms with E-state index < -0.39 is 0 Å². The number of carbonyl (C=O) groups excluding carboxylic acids is 1. The molecule has 3 aromatic rings. The molecule has 1 heterocycles. The largest absolute Gasteiger partial charge is 0.493 e. The lowest BCUT2D eigenvalue weighted by molar-refractivity contribution is -0.115. The number of benzene rings is 2. The molecule has 0 aliphatic carbocycles. The Hall–Kier alpha value is -2.38. The summed E-state index contributed by atoms with van der Waals surface area (Å²) < 4.78 is 5.70. The summed E-state index contributed by atoms with van der Waals surface area (Å²) in [4.78, 5) is 12.1. The minimum Gasteiger partial charge on any atom is -0.493 e. The van der Waals surface area contributed by atoms with Crippen molar-refractivity contribution >= 4 is 34.1 Å². The van der Waals surface area contributed by atoms with E-state index in [-0.39, 0.29) is 5.91 Å². The van der Waals surface area contributed by atoms with Gasteiger partial charge in [-0.15, -0.1) is 10.2 Å². The molecule has 0 atom stereocenters. The van der Waals surface area contributed by atoms with Crippen molar-refractivity contribution in [3.05, 3.63) is 70.7 Å². The number of carbonyl (C=O) groups is 1. The normalized spacial score (nSPS) is 10.6. The maximum absolute atomic E-state index is 12.1. The lowest BCUT2D eigenvalue weighted by Crippen LogP contribution is -2.14. The van der Waals surface area contributed by atoms with Gasteiger partial charge in [-0.25, -0.2) is 0 Å². The number of hydrogen-bond acceptors (Lipinski definition) is 6. The second-order valence-corrected chi connectivity index (χ2v) is 8.09. The molecule has 0 unspecified atom stereocenters. The molecule has 0 fully saturated rings. The molecule has 140 valence electrons. The van der Waals surface area contributed by atoms with Gasteiger partial charge in [0.25, 0.3) is 0 Å². The highest BCUT2D eigenvalue weighted by Crippen LogP contribution is 2.20. The van der Waals surface area contributed by atoms with Gasteiger partial charge in [-0.2, -0.15) is 11.8 Å². The topological polar surface area (TPSA) is 64.1 Å². The third-order valence-corrected chi connectivity index (χ3v) is 5.62. The van der Waals surface area contributed by atoms with Crippen LogP contribution in [-0.4, -0.2) is 28.5 Å². The van der Waals surface area contributed by atoms with Crippen LogP contribution in [0.4, 0.5) is 5.13 Å². The quantitative estimate of drug-likeness (QED) is 0.542. The Morgan fingerprint density at radius 1 is 1.11 bits per heavy atom. The van der Waals surface area contributed by atoms with Crippen molar-refractivity contribution in [1.82, 2.24) is 10.2 Å². The summed E-state index contributed by atoms with van der Waals surface area (Å²) in [7, 11) is 0. The molecule has 1 amide bonds. The van der Waals surface area contributed by atoms with Gasteiger partial charge in [0.15, 0.2) is 0 Å². The molecular weight excluding hydrogens is 378 g/mol.